The zero-order chi connectivity index (χ0) is 6.08. The molecule has 0 aliphatic heterocycles. The SMILES string of the molecule is CP(C)C(C)(C)C.Cl.Cl.I.I.P.P.P.P. The van der Waals surface area contributed by atoms with E-state index in [1.165, 1.54) is 0 Å². The smallest absolute Gasteiger partial charge is 0.0184 e. The number of hydrogen-bond donors (Lipinski definition) is 0. The van der Waals surface area contributed by atoms with Crippen LogP contribution >= 0.6 is 120 Å². The van der Waals surface area contributed by atoms with Crippen LogP contribution < -0.4 is 0 Å². The van der Waals surface area contributed by atoms with Gasteiger partial charge in [-0.05, 0) is 18.5 Å². The summed E-state index contributed by atoms with van der Waals surface area (Å²) >= 11 is 0. The van der Waals surface area contributed by atoms with Crippen molar-refractivity contribution in [2.24, 2.45) is 0 Å². The molecular weight excluding hydrogens is 552 g/mol. The zero-order valence-corrected chi connectivity index (χ0v) is 23.3. The van der Waals surface area contributed by atoms with Crippen LogP contribution in [-0.2, 0) is 0 Å². The molecule has 0 aromatic heterocycles. The highest BCUT2D eigenvalue weighted by atomic mass is 127. The molecule has 0 amide bonds. The van der Waals surface area contributed by atoms with E-state index >= 15 is 0 Å². The van der Waals surface area contributed by atoms with E-state index in [-0.39, 0.29) is 120 Å². The van der Waals surface area contributed by atoms with Gasteiger partial charge in [0.1, 0.15) is 0 Å². The molecule has 4 unspecified atom stereocenters. The summed E-state index contributed by atoms with van der Waals surface area (Å²) in [6.45, 7) is 11.5. The Morgan fingerprint density at radius 2 is 0.733 bits per heavy atom. The van der Waals surface area contributed by atoms with E-state index in [0.717, 1.165) is 0 Å². The van der Waals surface area contributed by atoms with Gasteiger partial charge < -0.3 is 0 Å². The van der Waals surface area contributed by atoms with Gasteiger partial charge in [0.2, 0.25) is 0 Å². The molecule has 0 aliphatic rings. The molecule has 0 aromatic carbocycles. The minimum atomic E-state index is 0. The van der Waals surface area contributed by atoms with Crippen molar-refractivity contribution in [3.8, 4) is 0 Å². The van der Waals surface area contributed by atoms with Crippen LogP contribution in [-0.4, -0.2) is 18.5 Å². The Balaban J connectivity index is -0.00000000643. The van der Waals surface area contributed by atoms with E-state index in [4.69, 9.17) is 0 Å². The maximum Gasteiger partial charge on any atom is -0.0184 e. The monoisotopic (exact) mass is 582 g/mol. The summed E-state index contributed by atoms with van der Waals surface area (Å²) in [5.74, 6) is 0. The molecule has 0 spiro atoms. The van der Waals surface area contributed by atoms with E-state index in [1.807, 2.05) is 0 Å². The van der Waals surface area contributed by atoms with Gasteiger partial charge in [-0.1, -0.05) is 20.8 Å². The van der Waals surface area contributed by atoms with Crippen LogP contribution in [0.3, 0.4) is 0 Å². The van der Waals surface area contributed by atoms with E-state index in [1.54, 1.807) is 0 Å². The van der Waals surface area contributed by atoms with Crippen LogP contribution in [0.5, 0.6) is 0 Å². The van der Waals surface area contributed by atoms with Gasteiger partial charge in [-0.25, -0.2) is 0 Å². The maximum absolute atomic E-state index is 2.31. The highest BCUT2D eigenvalue weighted by Gasteiger charge is 2.13. The molecule has 0 bridgehead atoms. The first kappa shape index (κ1) is 61.1. The summed E-state index contributed by atoms with van der Waals surface area (Å²) in [6.07, 6.45) is 0. The maximum atomic E-state index is 2.31. The lowest BCUT2D eigenvalue weighted by molar-refractivity contribution is 0.788. The minimum Gasteiger partial charge on any atom is -0.153 e. The van der Waals surface area contributed by atoms with Crippen LogP contribution in [0.2, 0.25) is 0 Å². The fraction of sp³-hybridized carbons (Fsp3) is 1.00. The molecule has 0 radical (unpaired) electrons. The summed E-state index contributed by atoms with van der Waals surface area (Å²) in [5.41, 5.74) is 0. The highest BCUT2D eigenvalue weighted by molar-refractivity contribution is 14.0. The third-order valence-corrected chi connectivity index (χ3v) is 4.02. The van der Waals surface area contributed by atoms with E-state index < -0.39 is 0 Å². The van der Waals surface area contributed by atoms with Crippen molar-refractivity contribution in [1.82, 2.24) is 0 Å². The molecule has 0 heterocycles. The third-order valence-electron chi connectivity index (χ3n) is 1.34. The van der Waals surface area contributed by atoms with E-state index in [9.17, 15) is 0 Å². The van der Waals surface area contributed by atoms with Gasteiger partial charge in [-0.2, -0.15) is 39.6 Å². The Hall–Kier alpha value is 4.19. The Morgan fingerprint density at radius 1 is 0.667 bits per heavy atom. The molecule has 0 saturated heterocycles. The molecule has 0 N–H and O–H groups in total. The van der Waals surface area contributed by atoms with Gasteiger partial charge in [-0.15, -0.1) is 80.7 Å². The lowest BCUT2D eigenvalue weighted by Crippen LogP contribution is -2.08. The molecule has 0 aliphatic carbocycles. The second kappa shape index (κ2) is 30.9. The fourth-order valence-corrected chi connectivity index (χ4v) is 0. The van der Waals surface area contributed by atoms with Gasteiger partial charge in [-0.3, -0.25) is 0 Å². The largest absolute Gasteiger partial charge is 0.153 e. The second-order valence-corrected chi connectivity index (χ2v) is 6.20. The Morgan fingerprint density at radius 3 is 0.733 bits per heavy atom. The summed E-state index contributed by atoms with van der Waals surface area (Å²) in [5, 5.41) is 0.565. The minimum absolute atomic E-state index is 0. The zero-order valence-electron chi connectivity index (χ0n) is 10.4. The van der Waals surface area contributed by atoms with Gasteiger partial charge in [0.05, 0.1) is 0 Å². The van der Waals surface area contributed by atoms with E-state index in [2.05, 4.69) is 34.1 Å². The van der Waals surface area contributed by atoms with Crippen molar-refractivity contribution in [3.63, 3.8) is 0 Å². The lowest BCUT2D eigenvalue weighted by Gasteiger charge is -2.23. The van der Waals surface area contributed by atoms with E-state index in [0.29, 0.717) is 5.16 Å². The molecule has 0 fully saturated rings. The fourth-order valence-electron chi connectivity index (χ4n) is 0. The van der Waals surface area contributed by atoms with Crippen LogP contribution in [0.15, 0.2) is 0 Å². The normalized spacial score (nSPS) is 6.00. The summed E-state index contributed by atoms with van der Waals surface area (Å²) in [7, 11) is 0.258. The average Bonchev–Trinajstić information content (AvgIpc) is 1.31. The van der Waals surface area contributed by atoms with Crippen molar-refractivity contribution >= 4 is 120 Å². The molecule has 108 valence electrons. The standard InChI is InChI=1S/C6H15P.2ClH.2HI.4H3P/c1-6(2,3)7(4)5;;;;;;;;/h1-5H3;4*1H;4*1H3. The lowest BCUT2D eigenvalue weighted by atomic mass is 10.3. The van der Waals surface area contributed by atoms with Crippen molar-refractivity contribution < 1.29 is 0 Å². The Bertz CT molecular complexity index is 73.0. The summed E-state index contributed by atoms with van der Waals surface area (Å²) in [4.78, 5) is 0. The molecule has 9 heteroatoms. The molecule has 0 nitrogen and oxygen atoms in total. The Kier molecular flexibility index (Phi) is 126. The molecular formula is C6H31Cl2I2P5. The Labute approximate surface area is 158 Å². The molecule has 0 saturated carbocycles. The van der Waals surface area contributed by atoms with Crippen LogP contribution in [0.25, 0.3) is 0 Å². The number of halogens is 4. The van der Waals surface area contributed by atoms with Gasteiger partial charge in [0, 0.05) is 0 Å². The first-order valence-electron chi connectivity index (χ1n) is 2.62. The third kappa shape index (κ3) is 45.9. The molecule has 15 heavy (non-hydrogen) atoms. The number of rotatable bonds is 0. The first-order valence-corrected chi connectivity index (χ1v) is 4.85. The predicted octanol–water partition coefficient (Wildman–Crippen LogP) is 4.84. The summed E-state index contributed by atoms with van der Waals surface area (Å²) < 4.78 is 0. The van der Waals surface area contributed by atoms with Crippen LogP contribution in [0.4, 0.5) is 0 Å². The van der Waals surface area contributed by atoms with Crippen molar-refractivity contribution in [2.75, 3.05) is 13.3 Å². The van der Waals surface area contributed by atoms with Crippen molar-refractivity contribution in [2.45, 2.75) is 25.9 Å². The van der Waals surface area contributed by atoms with Crippen molar-refractivity contribution in [3.05, 3.63) is 0 Å². The highest BCUT2D eigenvalue weighted by Crippen LogP contribution is 2.41. The average molecular weight is 583 g/mol. The summed E-state index contributed by atoms with van der Waals surface area (Å²) in [6, 6.07) is 0. The van der Waals surface area contributed by atoms with Crippen molar-refractivity contribution in [1.29, 1.82) is 0 Å². The predicted molar refractivity (Wildman–Crippen MR) is 128 cm³/mol. The van der Waals surface area contributed by atoms with Gasteiger partial charge in [0.25, 0.3) is 0 Å². The van der Waals surface area contributed by atoms with Gasteiger partial charge >= 0.3 is 0 Å². The quantitative estimate of drug-likeness (QED) is 0.283. The first-order chi connectivity index (χ1) is 2.94. The van der Waals surface area contributed by atoms with Crippen LogP contribution in [0, 0.1) is 0 Å². The molecule has 0 aromatic rings. The second-order valence-electron chi connectivity index (χ2n) is 3.07. The number of hydrogen-bond acceptors (Lipinski definition) is 0. The van der Waals surface area contributed by atoms with Gasteiger partial charge in [0.15, 0.2) is 0 Å². The molecule has 0 rings (SSSR count). The molecule has 4 atom stereocenters. The van der Waals surface area contributed by atoms with Crippen LogP contribution in [0.1, 0.15) is 20.8 Å². The topological polar surface area (TPSA) is 0 Å².